The van der Waals surface area contributed by atoms with Gasteiger partial charge in [-0.05, 0) is 123 Å². The second-order valence-corrected chi connectivity index (χ2v) is 19.9. The van der Waals surface area contributed by atoms with Crippen molar-refractivity contribution < 1.29 is 52.6 Å². The third kappa shape index (κ3) is 19.1. The average Bonchev–Trinajstić information content (AvgIpc) is 2.94. The number of carbonyl (C=O) groups excluding carboxylic acids is 5. The Morgan fingerprint density at radius 1 is 0.621 bits per heavy atom. The van der Waals surface area contributed by atoms with Crippen LogP contribution in [0.1, 0.15) is 136 Å². The Morgan fingerprint density at radius 2 is 0.948 bits per heavy atom. The van der Waals surface area contributed by atoms with Crippen molar-refractivity contribution in [3.8, 4) is 0 Å². The summed E-state index contributed by atoms with van der Waals surface area (Å²) in [6.07, 6.45) is -2.24. The number of carbonyl (C=O) groups is 5. The number of nitro benzene ring substituents is 1. The van der Waals surface area contributed by atoms with Crippen LogP contribution in [-0.2, 0) is 54.1 Å². The maximum absolute atomic E-state index is 14.5. The number of non-ortho nitro benzene ring substituents is 1. The molecule has 0 aliphatic rings. The van der Waals surface area contributed by atoms with E-state index in [4.69, 9.17) is 29.4 Å². The van der Waals surface area contributed by atoms with Gasteiger partial charge in [-0.3, -0.25) is 39.0 Å². The molecule has 0 saturated carbocycles. The van der Waals surface area contributed by atoms with E-state index in [-0.39, 0.29) is 18.7 Å². The van der Waals surface area contributed by atoms with Crippen molar-refractivity contribution >= 4 is 35.5 Å². The average molecular weight is 823 g/mol. The maximum Gasteiger partial charge on any atom is 0.320 e. The van der Waals surface area contributed by atoms with Gasteiger partial charge in [0.2, 0.25) is 0 Å². The summed E-state index contributed by atoms with van der Waals surface area (Å²) in [5.74, 6) is -4.07. The number of benzene rings is 1. The minimum atomic E-state index is -2.01. The predicted octanol–water partition coefficient (Wildman–Crippen LogP) is 5.73. The summed E-state index contributed by atoms with van der Waals surface area (Å²) in [7, 11) is 0. The first-order valence-electron chi connectivity index (χ1n) is 19.5. The number of nitrogens with zero attached hydrogens (tertiary/aromatic N) is 2. The van der Waals surface area contributed by atoms with E-state index < -0.39 is 112 Å². The molecule has 16 nitrogen and oxygen atoms in total. The minimum absolute atomic E-state index is 0.0609. The molecule has 0 spiro atoms. The van der Waals surface area contributed by atoms with Gasteiger partial charge in [0.1, 0.15) is 28.0 Å². The molecule has 0 radical (unpaired) electrons. The lowest BCUT2D eigenvalue weighted by Crippen LogP contribution is -2.75. The highest BCUT2D eigenvalue weighted by molar-refractivity contribution is 5.80. The molecular formula is C42H70N4O12. The molecule has 58 heavy (non-hydrogen) atoms. The zero-order chi connectivity index (χ0) is 45.3. The number of hydrogen-bond acceptors (Lipinski definition) is 15. The van der Waals surface area contributed by atoms with Crippen LogP contribution in [0.5, 0.6) is 0 Å². The van der Waals surface area contributed by atoms with Crippen LogP contribution in [0.4, 0.5) is 5.69 Å². The lowest BCUT2D eigenvalue weighted by molar-refractivity contribution is -0.384. The maximum atomic E-state index is 14.5. The fourth-order valence-electron chi connectivity index (χ4n) is 6.32. The normalized spacial score (nSPS) is 14.5. The van der Waals surface area contributed by atoms with Gasteiger partial charge < -0.3 is 34.7 Å². The largest absolute Gasteiger partial charge is 0.460 e. The molecule has 0 bridgehead atoms. The van der Waals surface area contributed by atoms with Crippen molar-refractivity contribution in [1.82, 2.24) is 10.2 Å². The number of nitrogens with one attached hydrogen (secondary N) is 1. The summed E-state index contributed by atoms with van der Waals surface area (Å²) in [6.45, 7) is 25.2. The number of hydrogen-bond donors (Lipinski definition) is 2. The molecule has 0 amide bonds. The van der Waals surface area contributed by atoms with Crippen LogP contribution in [0.25, 0.3) is 0 Å². The molecule has 0 saturated heterocycles. The predicted molar refractivity (Wildman–Crippen MR) is 219 cm³/mol. The first-order valence-corrected chi connectivity index (χ1v) is 19.5. The number of ether oxygens (including phenoxy) is 5. The van der Waals surface area contributed by atoms with Crippen molar-refractivity contribution in [3.05, 3.63) is 39.9 Å². The molecule has 0 aliphatic heterocycles. The monoisotopic (exact) mass is 822 g/mol. The Labute approximate surface area is 344 Å². The fraction of sp³-hybridized carbons (Fsp3) is 0.738. The Hall–Kier alpha value is -4.15. The topological polar surface area (TPSA) is 216 Å². The van der Waals surface area contributed by atoms with Gasteiger partial charge in [0.25, 0.3) is 5.69 Å². The van der Waals surface area contributed by atoms with E-state index in [1.54, 1.807) is 111 Å². The third-order valence-electron chi connectivity index (χ3n) is 7.97. The Kier molecular flexibility index (Phi) is 17.6. The molecule has 0 heterocycles. The molecule has 0 aliphatic carbocycles. The highest BCUT2D eigenvalue weighted by Gasteiger charge is 2.60. The lowest BCUT2D eigenvalue weighted by Gasteiger charge is -2.56. The van der Waals surface area contributed by atoms with Gasteiger partial charge in [-0.15, -0.1) is 0 Å². The zero-order valence-corrected chi connectivity index (χ0v) is 37.7. The van der Waals surface area contributed by atoms with Crippen molar-refractivity contribution in [1.29, 1.82) is 0 Å². The molecule has 0 aromatic heterocycles. The van der Waals surface area contributed by atoms with Crippen LogP contribution in [0.15, 0.2) is 24.3 Å². The van der Waals surface area contributed by atoms with Crippen LogP contribution >= 0.6 is 0 Å². The van der Waals surface area contributed by atoms with Crippen molar-refractivity contribution in [3.63, 3.8) is 0 Å². The smallest absolute Gasteiger partial charge is 0.320 e. The van der Waals surface area contributed by atoms with Gasteiger partial charge in [-0.25, -0.2) is 0 Å². The van der Waals surface area contributed by atoms with E-state index >= 15 is 0 Å². The van der Waals surface area contributed by atoms with Gasteiger partial charge in [0, 0.05) is 24.7 Å². The van der Waals surface area contributed by atoms with Crippen LogP contribution in [0.2, 0.25) is 0 Å². The Balaban J connectivity index is 4.78. The molecule has 16 heteroatoms. The molecule has 1 aromatic carbocycles. The van der Waals surface area contributed by atoms with E-state index in [1.807, 2.05) is 0 Å². The van der Waals surface area contributed by atoms with Crippen molar-refractivity contribution in [2.45, 2.75) is 182 Å². The van der Waals surface area contributed by atoms with Gasteiger partial charge in [0.05, 0.1) is 48.4 Å². The molecule has 3 N–H and O–H groups in total. The molecular weight excluding hydrogens is 752 g/mol. The van der Waals surface area contributed by atoms with E-state index in [1.165, 1.54) is 29.2 Å². The first-order chi connectivity index (χ1) is 26.0. The number of nitrogens with two attached hydrogens (primary N) is 1. The quantitative estimate of drug-likeness (QED) is 0.0782. The fourth-order valence-corrected chi connectivity index (χ4v) is 6.32. The highest BCUT2D eigenvalue weighted by Crippen LogP contribution is 2.43. The standard InChI is InChI=1S/C42H70N4O12/c1-28(43)25-44-41(22-31(47)54-36(2,3)4,23-32(48)55-37(5,6)7)42(24-33(49)56-38(8,9)10,21-29-17-19-30(20-18-29)46(52)53)45(26-34(50)57-39(11,12)13)27-35(51)58-40(14,15)16/h17-20,28,44H,21-27,43H2,1-16H3. The molecule has 2 atom stereocenters. The number of nitro groups is 1. The van der Waals surface area contributed by atoms with Crippen molar-refractivity contribution in [2.75, 3.05) is 19.6 Å². The van der Waals surface area contributed by atoms with Crippen LogP contribution in [0, 0.1) is 10.1 Å². The van der Waals surface area contributed by atoms with Crippen LogP contribution in [-0.4, -0.2) is 104 Å². The van der Waals surface area contributed by atoms with Gasteiger partial charge in [0.15, 0.2) is 0 Å². The van der Waals surface area contributed by atoms with E-state index in [2.05, 4.69) is 5.32 Å². The third-order valence-corrected chi connectivity index (χ3v) is 7.97. The highest BCUT2D eigenvalue weighted by atomic mass is 16.6. The molecule has 1 aromatic rings. The molecule has 2 unspecified atom stereocenters. The minimum Gasteiger partial charge on any atom is -0.460 e. The summed E-state index contributed by atoms with van der Waals surface area (Å²) in [5, 5.41) is 15.1. The number of rotatable bonds is 18. The van der Waals surface area contributed by atoms with Gasteiger partial charge >= 0.3 is 29.8 Å². The van der Waals surface area contributed by atoms with Gasteiger partial charge in [-0.1, -0.05) is 12.1 Å². The summed E-state index contributed by atoms with van der Waals surface area (Å²) < 4.78 is 29.2. The summed E-state index contributed by atoms with van der Waals surface area (Å²) in [4.78, 5) is 83.8. The second kappa shape index (κ2) is 19.7. The number of esters is 5. The van der Waals surface area contributed by atoms with E-state index in [0.29, 0.717) is 5.56 Å². The molecule has 1 rings (SSSR count). The second-order valence-electron chi connectivity index (χ2n) is 19.9. The Morgan fingerprint density at radius 3 is 1.26 bits per heavy atom. The molecule has 0 fully saturated rings. The van der Waals surface area contributed by atoms with E-state index in [0.717, 1.165) is 0 Å². The Bertz CT molecular complexity index is 1530. The van der Waals surface area contributed by atoms with Crippen LogP contribution in [0.3, 0.4) is 0 Å². The van der Waals surface area contributed by atoms with Gasteiger partial charge in [-0.2, -0.15) is 0 Å². The summed E-state index contributed by atoms with van der Waals surface area (Å²) >= 11 is 0. The zero-order valence-electron chi connectivity index (χ0n) is 37.7. The van der Waals surface area contributed by atoms with E-state index in [9.17, 15) is 34.1 Å². The lowest BCUT2D eigenvalue weighted by atomic mass is 9.65. The summed E-state index contributed by atoms with van der Waals surface area (Å²) in [5.41, 5.74) is -2.59. The molecule has 330 valence electrons. The first kappa shape index (κ1) is 51.9. The van der Waals surface area contributed by atoms with Crippen molar-refractivity contribution in [2.24, 2.45) is 5.73 Å². The van der Waals surface area contributed by atoms with Crippen LogP contribution < -0.4 is 11.1 Å². The SMILES string of the molecule is CC(N)CNC(CC(=O)OC(C)(C)C)(CC(=O)OC(C)(C)C)C(CC(=O)OC(C)(C)C)(Cc1ccc([N+](=O)[O-])cc1)N(CC(=O)OC(C)(C)C)CC(=O)OC(C)(C)C. The summed E-state index contributed by atoms with van der Waals surface area (Å²) in [6, 6.07) is 4.83.